The number of rotatable bonds is 3. The first-order valence-corrected chi connectivity index (χ1v) is 10.7. The fourth-order valence-electron chi connectivity index (χ4n) is 3.57. The Labute approximate surface area is 160 Å². The van der Waals surface area contributed by atoms with Gasteiger partial charge in [0.1, 0.15) is 0 Å². The molecule has 3 aromatic rings. The minimum absolute atomic E-state index is 0.0182. The van der Waals surface area contributed by atoms with Crippen LogP contribution >= 0.6 is 22.7 Å². The quantitative estimate of drug-likeness (QED) is 0.741. The monoisotopic (exact) mass is 384 g/mol. The lowest BCUT2D eigenvalue weighted by atomic mass is 10.0. The van der Waals surface area contributed by atoms with Gasteiger partial charge in [-0.05, 0) is 50.3 Å². The zero-order chi connectivity index (χ0) is 17.7. The fraction of sp³-hybridized carbons (Fsp3) is 0.421. The van der Waals surface area contributed by atoms with E-state index in [1.54, 1.807) is 22.7 Å². The van der Waals surface area contributed by atoms with Gasteiger partial charge in [0.2, 0.25) is 5.91 Å². The highest BCUT2D eigenvalue weighted by Crippen LogP contribution is 2.34. The number of fused-ring (bicyclic) bond motifs is 2. The minimum atomic E-state index is 0.0182. The molecule has 1 aliphatic carbocycles. The van der Waals surface area contributed by atoms with Gasteiger partial charge in [0, 0.05) is 18.0 Å². The number of carbonyl (C=O) groups excluding carboxylic acids is 1. The van der Waals surface area contributed by atoms with Gasteiger partial charge in [-0.25, -0.2) is 9.97 Å². The minimum Gasteiger partial charge on any atom is -0.346 e. The first kappa shape index (κ1) is 16.2. The average Bonchev–Trinajstić information content (AvgIpc) is 3.15. The molecule has 0 bridgehead atoms. The van der Waals surface area contributed by atoms with E-state index in [1.807, 2.05) is 0 Å². The Morgan fingerprint density at radius 1 is 1.19 bits per heavy atom. The molecule has 1 saturated heterocycles. The predicted octanol–water partition coefficient (Wildman–Crippen LogP) is 4.01. The molecule has 0 radical (unpaired) electrons. The molecule has 2 aliphatic rings. The van der Waals surface area contributed by atoms with E-state index in [0.29, 0.717) is 0 Å². The number of anilines is 2. The summed E-state index contributed by atoms with van der Waals surface area (Å²) in [5.41, 5.74) is 3.48. The third-order valence-corrected chi connectivity index (χ3v) is 7.28. The summed E-state index contributed by atoms with van der Waals surface area (Å²) < 4.78 is 1.21. The molecule has 1 amide bonds. The van der Waals surface area contributed by atoms with Crippen LogP contribution in [0.25, 0.3) is 10.2 Å². The lowest BCUT2D eigenvalue weighted by molar-refractivity contribution is -0.120. The lowest BCUT2D eigenvalue weighted by Gasteiger charge is -2.37. The molecule has 1 N–H and O–H groups in total. The van der Waals surface area contributed by atoms with E-state index in [-0.39, 0.29) is 11.8 Å². The van der Waals surface area contributed by atoms with E-state index in [0.717, 1.165) is 41.7 Å². The molecule has 1 aliphatic heterocycles. The summed E-state index contributed by atoms with van der Waals surface area (Å²) in [6.45, 7) is 3.56. The van der Waals surface area contributed by atoms with E-state index < -0.39 is 0 Å². The smallest absolute Gasteiger partial charge is 0.232 e. The van der Waals surface area contributed by atoms with Gasteiger partial charge in [-0.3, -0.25) is 4.79 Å². The number of hydrogen-bond donors (Lipinski definition) is 1. The summed E-state index contributed by atoms with van der Waals surface area (Å²) in [7, 11) is 0. The first-order chi connectivity index (χ1) is 12.7. The van der Waals surface area contributed by atoms with Crippen LogP contribution in [0.2, 0.25) is 0 Å². The summed E-state index contributed by atoms with van der Waals surface area (Å²) in [4.78, 5) is 25.4. The molecular weight excluding hydrogens is 364 g/mol. The molecule has 0 unspecified atom stereocenters. The van der Waals surface area contributed by atoms with Crippen LogP contribution in [0.15, 0.2) is 18.2 Å². The molecule has 3 heterocycles. The van der Waals surface area contributed by atoms with Crippen molar-refractivity contribution < 1.29 is 4.79 Å². The fourth-order valence-corrected chi connectivity index (χ4v) is 5.70. The van der Waals surface area contributed by atoms with Crippen molar-refractivity contribution in [3.05, 3.63) is 34.3 Å². The number of hydrogen-bond acceptors (Lipinski definition) is 6. The van der Waals surface area contributed by atoms with Crippen LogP contribution in [-0.2, 0) is 17.6 Å². The molecule has 0 spiro atoms. The Morgan fingerprint density at radius 3 is 2.88 bits per heavy atom. The topological polar surface area (TPSA) is 58.1 Å². The maximum absolute atomic E-state index is 12.5. The molecule has 2 aromatic heterocycles. The second-order valence-electron chi connectivity index (χ2n) is 7.15. The number of nitrogens with zero attached hydrogens (tertiary/aromatic N) is 3. The lowest BCUT2D eigenvalue weighted by Crippen LogP contribution is -2.52. The van der Waals surface area contributed by atoms with Crippen molar-refractivity contribution in [3.8, 4) is 0 Å². The zero-order valence-electron chi connectivity index (χ0n) is 14.6. The Balaban J connectivity index is 1.23. The normalized spacial score (nSPS) is 17.2. The van der Waals surface area contributed by atoms with Crippen LogP contribution in [0.3, 0.4) is 0 Å². The van der Waals surface area contributed by atoms with E-state index >= 15 is 0 Å². The zero-order valence-corrected chi connectivity index (χ0v) is 16.3. The van der Waals surface area contributed by atoms with E-state index in [2.05, 4.69) is 40.3 Å². The Morgan fingerprint density at radius 2 is 2.04 bits per heavy atom. The second kappa shape index (κ2) is 6.32. The molecule has 134 valence electrons. The van der Waals surface area contributed by atoms with Crippen LogP contribution in [0.4, 0.5) is 10.3 Å². The van der Waals surface area contributed by atoms with Gasteiger partial charge in [-0.15, -0.1) is 11.3 Å². The number of benzene rings is 1. The van der Waals surface area contributed by atoms with Crippen molar-refractivity contribution in [1.82, 2.24) is 9.97 Å². The van der Waals surface area contributed by atoms with Gasteiger partial charge in [-0.1, -0.05) is 17.4 Å². The number of aryl methyl sites for hydroxylation is 3. The number of thiazole rings is 2. The molecule has 0 saturated carbocycles. The van der Waals surface area contributed by atoms with E-state index in [9.17, 15) is 4.79 Å². The summed E-state index contributed by atoms with van der Waals surface area (Å²) in [6.07, 6.45) is 4.61. The summed E-state index contributed by atoms with van der Waals surface area (Å²) in [6, 6.07) is 6.33. The number of amides is 1. The van der Waals surface area contributed by atoms with Gasteiger partial charge in [-0.2, -0.15) is 0 Å². The highest BCUT2D eigenvalue weighted by Gasteiger charge is 2.35. The van der Waals surface area contributed by atoms with Crippen LogP contribution in [0.5, 0.6) is 0 Å². The molecule has 0 atom stereocenters. The standard InChI is InChI=1S/C19H20N4OS2/c1-11-6-7-14-16(8-11)26-19(21-14)23-9-12(10-23)17(24)22-18-20-13-4-2-3-5-15(13)25-18/h6-8,12H,2-5,9-10H2,1H3,(H,20,22,24). The van der Waals surface area contributed by atoms with Crippen LogP contribution < -0.4 is 10.2 Å². The highest BCUT2D eigenvalue weighted by atomic mass is 32.1. The maximum atomic E-state index is 12.5. The van der Waals surface area contributed by atoms with Crippen LogP contribution in [0, 0.1) is 12.8 Å². The van der Waals surface area contributed by atoms with Crippen molar-refractivity contribution in [3.63, 3.8) is 0 Å². The van der Waals surface area contributed by atoms with Crippen molar-refractivity contribution in [2.75, 3.05) is 23.3 Å². The van der Waals surface area contributed by atoms with Gasteiger partial charge < -0.3 is 10.2 Å². The average molecular weight is 385 g/mol. The van der Waals surface area contributed by atoms with Crippen LogP contribution in [0.1, 0.15) is 29.0 Å². The third-order valence-electron chi connectivity index (χ3n) is 5.13. The largest absolute Gasteiger partial charge is 0.346 e. The predicted molar refractivity (Wildman–Crippen MR) is 107 cm³/mol. The second-order valence-corrected chi connectivity index (χ2v) is 9.25. The molecule has 1 aromatic carbocycles. The summed E-state index contributed by atoms with van der Waals surface area (Å²) in [5, 5.41) is 4.82. The maximum Gasteiger partial charge on any atom is 0.232 e. The number of nitrogens with one attached hydrogen (secondary N) is 1. The van der Waals surface area contributed by atoms with E-state index in [1.165, 1.54) is 33.7 Å². The van der Waals surface area contributed by atoms with Crippen molar-refractivity contribution in [2.24, 2.45) is 5.92 Å². The van der Waals surface area contributed by atoms with Gasteiger partial charge >= 0.3 is 0 Å². The van der Waals surface area contributed by atoms with Gasteiger partial charge in [0.25, 0.3) is 0 Å². The molecule has 7 heteroatoms. The molecular formula is C19H20N4OS2. The van der Waals surface area contributed by atoms with Gasteiger partial charge in [0.15, 0.2) is 10.3 Å². The van der Waals surface area contributed by atoms with Crippen molar-refractivity contribution >= 4 is 49.1 Å². The number of carbonyl (C=O) groups is 1. The first-order valence-electron chi connectivity index (χ1n) is 9.07. The van der Waals surface area contributed by atoms with Crippen molar-refractivity contribution in [2.45, 2.75) is 32.6 Å². The highest BCUT2D eigenvalue weighted by molar-refractivity contribution is 7.22. The summed E-state index contributed by atoms with van der Waals surface area (Å²) >= 11 is 3.35. The van der Waals surface area contributed by atoms with E-state index in [4.69, 9.17) is 4.98 Å². The van der Waals surface area contributed by atoms with Crippen LogP contribution in [-0.4, -0.2) is 29.0 Å². The van der Waals surface area contributed by atoms with Crippen molar-refractivity contribution in [1.29, 1.82) is 0 Å². The SMILES string of the molecule is Cc1ccc2nc(N3CC(C(=O)Nc4nc5c(s4)CCCC5)C3)sc2c1. The molecule has 5 rings (SSSR count). The number of aromatic nitrogens is 2. The third kappa shape index (κ3) is 2.89. The van der Waals surface area contributed by atoms with Gasteiger partial charge in [0.05, 0.1) is 21.8 Å². The molecule has 5 nitrogen and oxygen atoms in total. The molecule has 1 fully saturated rings. The Kier molecular flexibility index (Phi) is 3.94. The Hall–Kier alpha value is -1.99. The molecule has 26 heavy (non-hydrogen) atoms. The Bertz CT molecular complexity index is 963. The summed E-state index contributed by atoms with van der Waals surface area (Å²) in [5.74, 6) is 0.106.